The molecule has 0 unspecified atom stereocenters. The summed E-state index contributed by atoms with van der Waals surface area (Å²) in [6.45, 7) is 0. The Balaban J connectivity index is 1.63. The van der Waals surface area contributed by atoms with Crippen molar-refractivity contribution in [2.75, 3.05) is 0 Å². The second-order valence-electron chi connectivity index (χ2n) is 8.76. The first kappa shape index (κ1) is 21.5. The van der Waals surface area contributed by atoms with Crippen LogP contribution in [-0.4, -0.2) is 32.0 Å². The first-order valence-corrected chi connectivity index (χ1v) is 10.9. The number of aromatic hydroxyl groups is 4. The summed E-state index contributed by atoms with van der Waals surface area (Å²) in [5.41, 5.74) is 2.61. The maximum Gasteiger partial charge on any atom is 0.167 e. The normalized spacial score (nSPS) is 23.9. The third-order valence-electron chi connectivity index (χ3n) is 6.64. The molecule has 34 heavy (non-hydrogen) atoms. The summed E-state index contributed by atoms with van der Waals surface area (Å²) in [7, 11) is 0. The molecular weight excluding hydrogens is 432 g/mol. The molecule has 0 amide bonds. The highest BCUT2D eigenvalue weighted by Crippen LogP contribution is 2.56. The van der Waals surface area contributed by atoms with E-state index in [1.807, 2.05) is 0 Å². The van der Waals surface area contributed by atoms with Gasteiger partial charge in [-0.3, -0.25) is 9.59 Å². The Morgan fingerprint density at radius 1 is 0.588 bits per heavy atom. The molecule has 2 aliphatic rings. The van der Waals surface area contributed by atoms with E-state index in [-0.39, 0.29) is 34.6 Å². The van der Waals surface area contributed by atoms with Crippen LogP contribution in [-0.2, 0) is 9.59 Å². The maximum atomic E-state index is 13.6. The number of Topliss-reactive ketones (excluding diaryl/α,β-unsaturated/α-hetero) is 1. The number of hydrogen-bond acceptors (Lipinski definition) is 6. The van der Waals surface area contributed by atoms with Crippen LogP contribution in [0.3, 0.4) is 0 Å². The van der Waals surface area contributed by atoms with Crippen molar-refractivity contribution < 1.29 is 30.0 Å². The lowest BCUT2D eigenvalue weighted by molar-refractivity contribution is -0.130. The van der Waals surface area contributed by atoms with Crippen molar-refractivity contribution in [2.24, 2.45) is 11.8 Å². The fourth-order valence-corrected chi connectivity index (χ4v) is 5.23. The van der Waals surface area contributed by atoms with E-state index in [9.17, 15) is 30.0 Å². The zero-order chi connectivity index (χ0) is 24.0. The Morgan fingerprint density at radius 3 is 1.76 bits per heavy atom. The van der Waals surface area contributed by atoms with E-state index in [2.05, 4.69) is 0 Å². The van der Waals surface area contributed by atoms with E-state index in [4.69, 9.17) is 0 Å². The summed E-state index contributed by atoms with van der Waals surface area (Å²) < 4.78 is 0. The molecule has 0 aliphatic heterocycles. The average Bonchev–Trinajstić information content (AvgIpc) is 3.02. The summed E-state index contributed by atoms with van der Waals surface area (Å²) >= 11 is 0. The highest BCUT2D eigenvalue weighted by molar-refractivity contribution is 6.15. The first-order valence-electron chi connectivity index (χ1n) is 10.9. The highest BCUT2D eigenvalue weighted by atomic mass is 16.3. The van der Waals surface area contributed by atoms with E-state index < -0.39 is 23.7 Å². The lowest BCUT2D eigenvalue weighted by Gasteiger charge is -2.25. The molecule has 1 saturated carbocycles. The summed E-state index contributed by atoms with van der Waals surface area (Å²) in [5.74, 6) is -3.14. The van der Waals surface area contributed by atoms with E-state index in [0.29, 0.717) is 11.1 Å². The molecule has 3 aromatic rings. The molecule has 2 aliphatic carbocycles. The summed E-state index contributed by atoms with van der Waals surface area (Å²) in [6, 6.07) is 17.2. The molecule has 0 radical (unpaired) electrons. The molecule has 1 fully saturated rings. The van der Waals surface area contributed by atoms with Crippen LogP contribution in [0.1, 0.15) is 28.5 Å². The molecule has 0 spiro atoms. The van der Waals surface area contributed by atoms with Gasteiger partial charge in [-0.25, -0.2) is 0 Å². The minimum Gasteiger partial charge on any atom is -0.508 e. The molecule has 170 valence electrons. The Hall–Kier alpha value is -4.32. The van der Waals surface area contributed by atoms with Gasteiger partial charge >= 0.3 is 0 Å². The summed E-state index contributed by atoms with van der Waals surface area (Å²) in [6.07, 6.45) is 5.01. The van der Waals surface area contributed by atoms with Crippen molar-refractivity contribution in [2.45, 2.75) is 11.8 Å². The number of carbonyl (C=O) groups is 2. The van der Waals surface area contributed by atoms with Gasteiger partial charge in [0.1, 0.15) is 23.0 Å². The van der Waals surface area contributed by atoms with Crippen LogP contribution in [0.4, 0.5) is 0 Å². The van der Waals surface area contributed by atoms with E-state index in [1.165, 1.54) is 36.4 Å². The third kappa shape index (κ3) is 3.73. The number of ketones is 2. The number of phenolic OH excluding ortho intramolecular Hbond substituents is 4. The highest BCUT2D eigenvalue weighted by Gasteiger charge is 2.56. The molecular formula is C28H22O6. The Bertz CT molecular complexity index is 1310. The number of rotatable bonds is 4. The average molecular weight is 454 g/mol. The predicted molar refractivity (Wildman–Crippen MR) is 126 cm³/mol. The maximum absolute atomic E-state index is 13.6. The second kappa shape index (κ2) is 8.23. The fourth-order valence-electron chi connectivity index (χ4n) is 5.23. The standard InChI is InChI=1S/C28H22O6/c29-19-7-2-15(3-8-19)1-4-17-13-23(33)27-24(16-5-9-20(30)10-6-16)25(26(17)28(27)34)18-11-21(31)14-22(32)12-18/h1-14,24-27,29-32H/b4-1+/t24-,25-,26-,27+/m0/s1. The van der Waals surface area contributed by atoms with Crippen LogP contribution >= 0.6 is 0 Å². The zero-order valence-electron chi connectivity index (χ0n) is 18.0. The zero-order valence-corrected chi connectivity index (χ0v) is 18.0. The minimum absolute atomic E-state index is 0.0737. The summed E-state index contributed by atoms with van der Waals surface area (Å²) in [4.78, 5) is 26.7. The van der Waals surface area contributed by atoms with Gasteiger partial charge in [0.05, 0.1) is 11.8 Å². The molecule has 6 nitrogen and oxygen atoms in total. The molecule has 0 heterocycles. The minimum atomic E-state index is -0.894. The fraction of sp³-hybridized carbons (Fsp3) is 0.143. The van der Waals surface area contributed by atoms with Gasteiger partial charge in [-0.1, -0.05) is 36.4 Å². The number of benzene rings is 3. The van der Waals surface area contributed by atoms with Crippen LogP contribution in [0, 0.1) is 11.8 Å². The molecule has 3 aromatic carbocycles. The van der Waals surface area contributed by atoms with Gasteiger partial charge in [0, 0.05) is 17.9 Å². The Morgan fingerprint density at radius 2 is 1.15 bits per heavy atom. The Labute approximate surface area is 195 Å². The SMILES string of the molecule is O=C1C=C(/C=C/c2ccc(O)cc2)[C@@H]2C(=O)[C@H]1[C@@H](c1ccc(O)cc1)[C@@H]2c1cc(O)cc(O)c1. The van der Waals surface area contributed by atoms with Gasteiger partial charge in [0.15, 0.2) is 11.6 Å². The van der Waals surface area contributed by atoms with Crippen LogP contribution in [0.15, 0.2) is 84.5 Å². The van der Waals surface area contributed by atoms with Crippen LogP contribution in [0.2, 0.25) is 0 Å². The predicted octanol–water partition coefficient (Wildman–Crippen LogP) is 4.41. The molecule has 2 bridgehead atoms. The van der Waals surface area contributed by atoms with Gasteiger partial charge < -0.3 is 20.4 Å². The lowest BCUT2D eigenvalue weighted by Crippen LogP contribution is -2.29. The number of phenols is 4. The largest absolute Gasteiger partial charge is 0.508 e. The molecule has 6 heteroatoms. The lowest BCUT2D eigenvalue weighted by atomic mass is 9.77. The van der Waals surface area contributed by atoms with E-state index >= 15 is 0 Å². The van der Waals surface area contributed by atoms with Gasteiger partial charge in [0.25, 0.3) is 0 Å². The van der Waals surface area contributed by atoms with E-state index in [0.717, 1.165) is 11.1 Å². The van der Waals surface area contributed by atoms with Crippen LogP contribution < -0.4 is 0 Å². The second-order valence-corrected chi connectivity index (χ2v) is 8.76. The smallest absolute Gasteiger partial charge is 0.167 e. The van der Waals surface area contributed by atoms with Gasteiger partial charge in [0.2, 0.25) is 0 Å². The van der Waals surface area contributed by atoms with Crippen molar-refractivity contribution in [1.82, 2.24) is 0 Å². The molecule has 0 saturated heterocycles. The topological polar surface area (TPSA) is 115 Å². The quantitative estimate of drug-likeness (QED) is 0.434. The van der Waals surface area contributed by atoms with Crippen molar-refractivity contribution in [1.29, 1.82) is 0 Å². The van der Waals surface area contributed by atoms with Crippen molar-refractivity contribution in [3.63, 3.8) is 0 Å². The third-order valence-corrected chi connectivity index (χ3v) is 6.64. The number of fused-ring (bicyclic) bond motifs is 2. The number of carbonyl (C=O) groups excluding carboxylic acids is 2. The van der Waals surface area contributed by atoms with Crippen molar-refractivity contribution >= 4 is 17.6 Å². The van der Waals surface area contributed by atoms with E-state index in [1.54, 1.807) is 48.6 Å². The monoisotopic (exact) mass is 454 g/mol. The Kier molecular flexibility index (Phi) is 5.21. The molecule has 0 aromatic heterocycles. The van der Waals surface area contributed by atoms with Crippen LogP contribution in [0.25, 0.3) is 6.08 Å². The van der Waals surface area contributed by atoms with Gasteiger partial charge in [-0.15, -0.1) is 0 Å². The number of hydrogen-bond donors (Lipinski definition) is 4. The molecule has 4 N–H and O–H groups in total. The van der Waals surface area contributed by atoms with Gasteiger partial charge in [-0.05, 0) is 64.7 Å². The van der Waals surface area contributed by atoms with Crippen molar-refractivity contribution in [3.05, 3.63) is 101 Å². The first-order chi connectivity index (χ1) is 16.3. The molecule has 4 atom stereocenters. The van der Waals surface area contributed by atoms with Crippen LogP contribution in [0.5, 0.6) is 23.0 Å². The van der Waals surface area contributed by atoms with Crippen molar-refractivity contribution in [3.8, 4) is 23.0 Å². The number of allylic oxidation sites excluding steroid dienone is 3. The van der Waals surface area contributed by atoms with Gasteiger partial charge in [-0.2, -0.15) is 0 Å². The summed E-state index contributed by atoms with van der Waals surface area (Å²) in [5, 5.41) is 39.6. The molecule has 5 rings (SSSR count).